The van der Waals surface area contributed by atoms with Crippen LogP contribution in [0.15, 0.2) is 58.3 Å². The highest BCUT2D eigenvalue weighted by Crippen LogP contribution is 2.27. The Labute approximate surface area is 148 Å². The van der Waals surface area contributed by atoms with Crippen molar-refractivity contribution in [3.63, 3.8) is 0 Å². The lowest BCUT2D eigenvalue weighted by molar-refractivity contribution is 0.275. The van der Waals surface area contributed by atoms with Crippen LogP contribution < -0.4 is 0 Å². The topological polar surface area (TPSA) is 81.7 Å². The van der Waals surface area contributed by atoms with Gasteiger partial charge in [-0.15, -0.1) is 0 Å². The van der Waals surface area contributed by atoms with Crippen molar-refractivity contribution in [3.05, 3.63) is 59.7 Å². The van der Waals surface area contributed by atoms with Gasteiger partial charge in [-0.05, 0) is 38.1 Å². The average molecular weight is 386 g/mol. The Kier molecular flexibility index (Phi) is 7.84. The summed E-state index contributed by atoms with van der Waals surface area (Å²) in [5.74, 6) is -0.448. The number of hydrogen-bond donors (Lipinski definition) is 0. The zero-order chi connectivity index (χ0) is 17.5. The molecule has 0 radical (unpaired) electrons. The third-order valence-electron chi connectivity index (χ3n) is 3.14. The van der Waals surface area contributed by atoms with E-state index in [1.165, 1.54) is 0 Å². The van der Waals surface area contributed by atoms with Gasteiger partial charge in [0.2, 0.25) is 11.9 Å². The van der Waals surface area contributed by atoms with Crippen molar-refractivity contribution < 1.29 is 22.7 Å². The summed E-state index contributed by atoms with van der Waals surface area (Å²) < 4.78 is 45.7. The first-order valence-electron chi connectivity index (χ1n) is 7.15. The fourth-order valence-electron chi connectivity index (χ4n) is 1.76. The van der Waals surface area contributed by atoms with E-state index in [1.807, 2.05) is 38.1 Å². The largest absolute Gasteiger partial charge is 0.610 e. The Balaban J connectivity index is 1.74. The second-order valence-electron chi connectivity index (χ2n) is 5.09. The molecule has 0 aliphatic carbocycles. The molecule has 130 valence electrons. The van der Waals surface area contributed by atoms with Gasteiger partial charge >= 0.3 is 8.25 Å². The van der Waals surface area contributed by atoms with Crippen LogP contribution in [0.1, 0.15) is 11.1 Å². The SMILES string of the molecule is Cc1ccc([S@+]([O-])CO[PH](=O)OC[S@@+]([O-])c2ccc(C)cc2)cc1. The first-order chi connectivity index (χ1) is 11.5. The number of rotatable bonds is 8. The minimum atomic E-state index is -2.85. The molecule has 0 aliphatic heterocycles. The van der Waals surface area contributed by atoms with Crippen LogP contribution in [0.4, 0.5) is 0 Å². The third-order valence-corrected chi connectivity index (χ3v) is 6.57. The molecule has 0 amide bonds. The zero-order valence-corrected chi connectivity index (χ0v) is 16.0. The van der Waals surface area contributed by atoms with E-state index in [-0.39, 0.29) is 11.9 Å². The summed E-state index contributed by atoms with van der Waals surface area (Å²) in [6.07, 6.45) is 0. The Bertz CT molecular complexity index is 606. The molecular weight excluding hydrogens is 367 g/mol. The van der Waals surface area contributed by atoms with Crippen molar-refractivity contribution in [1.29, 1.82) is 0 Å². The second kappa shape index (κ2) is 9.63. The maximum absolute atomic E-state index is 12.0. The van der Waals surface area contributed by atoms with Crippen LogP contribution in [0.2, 0.25) is 0 Å². The van der Waals surface area contributed by atoms with Crippen LogP contribution in [0, 0.1) is 13.8 Å². The maximum Gasteiger partial charge on any atom is 0.326 e. The number of hydrogen-bond acceptors (Lipinski definition) is 5. The standard InChI is InChI=1S/C16H19O5PS2/c1-13-3-7-15(8-4-13)23(18)11-20-22(17)21-12-24(19)16-9-5-14(2)6-10-16/h3-10,22H,11-12H2,1-2H3/t23-,24-/m1/s1. The molecule has 8 heteroatoms. The van der Waals surface area contributed by atoms with Crippen molar-refractivity contribution in [1.82, 2.24) is 0 Å². The molecule has 2 aromatic rings. The van der Waals surface area contributed by atoms with Gasteiger partial charge in [-0.2, -0.15) is 0 Å². The molecule has 0 saturated carbocycles. The van der Waals surface area contributed by atoms with Crippen LogP contribution >= 0.6 is 8.25 Å². The third kappa shape index (κ3) is 6.26. The van der Waals surface area contributed by atoms with E-state index in [1.54, 1.807) is 24.3 Å². The molecule has 0 aliphatic rings. The van der Waals surface area contributed by atoms with Crippen LogP contribution in [-0.4, -0.2) is 21.0 Å². The molecule has 0 bridgehead atoms. The Hall–Kier alpha value is -0.790. The molecule has 0 heterocycles. The highest BCUT2D eigenvalue weighted by Gasteiger charge is 2.16. The maximum atomic E-state index is 12.0. The zero-order valence-electron chi connectivity index (χ0n) is 13.4. The van der Waals surface area contributed by atoms with Gasteiger partial charge in [0.15, 0.2) is 9.79 Å². The van der Waals surface area contributed by atoms with E-state index >= 15 is 0 Å². The van der Waals surface area contributed by atoms with Crippen molar-refractivity contribution in [2.45, 2.75) is 23.6 Å². The molecule has 2 aromatic carbocycles. The van der Waals surface area contributed by atoms with E-state index in [9.17, 15) is 13.7 Å². The molecule has 0 aromatic heterocycles. The summed E-state index contributed by atoms with van der Waals surface area (Å²) >= 11 is -2.84. The summed E-state index contributed by atoms with van der Waals surface area (Å²) in [5, 5.41) is 0. The molecule has 0 fully saturated rings. The van der Waals surface area contributed by atoms with Gasteiger partial charge in [0.25, 0.3) is 0 Å². The Morgan fingerprint density at radius 2 is 1.12 bits per heavy atom. The minimum Gasteiger partial charge on any atom is -0.610 e. The van der Waals surface area contributed by atoms with Gasteiger partial charge in [-0.1, -0.05) is 35.4 Å². The van der Waals surface area contributed by atoms with Crippen LogP contribution in [-0.2, 0) is 36.0 Å². The van der Waals surface area contributed by atoms with Gasteiger partial charge in [0.05, 0.1) is 0 Å². The van der Waals surface area contributed by atoms with Gasteiger partial charge in [-0.3, -0.25) is 13.6 Å². The molecule has 0 saturated heterocycles. The predicted octanol–water partition coefficient (Wildman–Crippen LogP) is 3.56. The number of aryl methyl sites for hydroxylation is 2. The predicted molar refractivity (Wildman–Crippen MR) is 96.1 cm³/mol. The molecule has 0 N–H and O–H groups in total. The van der Waals surface area contributed by atoms with Gasteiger partial charge in [0, 0.05) is 22.4 Å². The summed E-state index contributed by atoms with van der Waals surface area (Å²) in [6, 6.07) is 14.3. The lowest BCUT2D eigenvalue weighted by Gasteiger charge is -2.12. The van der Waals surface area contributed by atoms with E-state index in [4.69, 9.17) is 9.05 Å². The summed E-state index contributed by atoms with van der Waals surface area (Å²) in [7, 11) is -2.85. The quantitative estimate of drug-likeness (QED) is 0.512. The first kappa shape index (κ1) is 19.5. The Morgan fingerprint density at radius 1 is 0.792 bits per heavy atom. The summed E-state index contributed by atoms with van der Waals surface area (Å²) in [6.45, 7) is 3.87. The average Bonchev–Trinajstić information content (AvgIpc) is 2.58. The molecule has 2 rings (SSSR count). The molecule has 24 heavy (non-hydrogen) atoms. The molecule has 2 atom stereocenters. The number of benzene rings is 2. The van der Waals surface area contributed by atoms with Crippen LogP contribution in [0.3, 0.4) is 0 Å². The van der Waals surface area contributed by atoms with Crippen molar-refractivity contribution in [3.8, 4) is 0 Å². The molecule has 0 spiro atoms. The Morgan fingerprint density at radius 3 is 1.46 bits per heavy atom. The highest BCUT2D eigenvalue weighted by molar-refractivity contribution is 7.91. The highest BCUT2D eigenvalue weighted by atomic mass is 32.2. The summed E-state index contributed by atoms with van der Waals surface area (Å²) in [5.41, 5.74) is 2.12. The van der Waals surface area contributed by atoms with Gasteiger partial charge < -0.3 is 9.11 Å². The van der Waals surface area contributed by atoms with E-state index in [0.717, 1.165) is 11.1 Å². The fraction of sp³-hybridized carbons (Fsp3) is 0.250. The molecular formula is C16H19O5PS2. The monoisotopic (exact) mass is 386 g/mol. The normalized spacial score (nSPS) is 13.9. The van der Waals surface area contributed by atoms with Gasteiger partial charge in [0.1, 0.15) is 0 Å². The lowest BCUT2D eigenvalue weighted by atomic mass is 10.2. The van der Waals surface area contributed by atoms with Crippen molar-refractivity contribution >= 4 is 30.6 Å². The van der Waals surface area contributed by atoms with E-state index in [2.05, 4.69) is 0 Å². The van der Waals surface area contributed by atoms with Crippen molar-refractivity contribution in [2.24, 2.45) is 0 Å². The fourth-order valence-corrected chi connectivity index (χ4v) is 4.62. The molecule has 5 nitrogen and oxygen atoms in total. The van der Waals surface area contributed by atoms with Crippen molar-refractivity contribution in [2.75, 3.05) is 11.9 Å². The van der Waals surface area contributed by atoms with Crippen LogP contribution in [0.5, 0.6) is 0 Å². The lowest BCUT2D eigenvalue weighted by Crippen LogP contribution is -2.10. The van der Waals surface area contributed by atoms with Crippen LogP contribution in [0.25, 0.3) is 0 Å². The van der Waals surface area contributed by atoms with E-state index in [0.29, 0.717) is 9.79 Å². The summed E-state index contributed by atoms with van der Waals surface area (Å²) in [4.78, 5) is 1.19. The van der Waals surface area contributed by atoms with E-state index < -0.39 is 30.6 Å². The minimum absolute atomic E-state index is 0.224. The smallest absolute Gasteiger partial charge is 0.326 e. The first-order valence-corrected chi connectivity index (χ1v) is 11.0. The molecule has 0 unspecified atom stereocenters. The second-order valence-corrected chi connectivity index (χ2v) is 8.97. The van der Waals surface area contributed by atoms with Gasteiger partial charge in [-0.25, -0.2) is 0 Å².